The van der Waals surface area contributed by atoms with Gasteiger partial charge in [0.15, 0.2) is 17.5 Å². The Hall–Kier alpha value is -3.29. The Morgan fingerprint density at radius 1 is 1.12 bits per heavy atom. The molecule has 0 fully saturated rings. The molecule has 0 saturated heterocycles. The minimum Gasteiger partial charge on any atom is -0.493 e. The fourth-order valence-electron chi connectivity index (χ4n) is 2.26. The third-order valence-corrected chi connectivity index (χ3v) is 3.54. The second-order valence-electron chi connectivity index (χ2n) is 5.09. The highest BCUT2D eigenvalue weighted by Crippen LogP contribution is 2.32. The van der Waals surface area contributed by atoms with Crippen LogP contribution >= 0.6 is 0 Å². The summed E-state index contributed by atoms with van der Waals surface area (Å²) in [5.41, 5.74) is 5.38. The lowest BCUT2D eigenvalue weighted by molar-refractivity contribution is -0.138. The number of anilines is 1. The van der Waals surface area contributed by atoms with Gasteiger partial charge in [0, 0.05) is 5.56 Å². The predicted molar refractivity (Wildman–Crippen MR) is 88.5 cm³/mol. The number of nitrogens with one attached hydrogen (secondary N) is 1. The molecule has 2 rings (SSSR count). The number of hydrogen-bond donors (Lipinski definition) is 3. The average Bonchev–Trinajstić information content (AvgIpc) is 2.59. The molecule has 0 aromatic heterocycles. The van der Waals surface area contributed by atoms with Crippen LogP contribution in [0.4, 0.5) is 10.1 Å². The topological polar surface area (TPSA) is 111 Å². The number of halogens is 1. The number of hydrogen-bond acceptors (Lipinski definition) is 5. The maximum absolute atomic E-state index is 14.0. The van der Waals surface area contributed by atoms with Gasteiger partial charge in [-0.15, -0.1) is 0 Å². The van der Waals surface area contributed by atoms with Crippen molar-refractivity contribution in [1.82, 2.24) is 0 Å². The van der Waals surface area contributed by atoms with Gasteiger partial charge in [0.2, 0.25) is 5.91 Å². The molecular formula is C17H17FN2O5. The van der Waals surface area contributed by atoms with Crippen molar-refractivity contribution in [3.8, 4) is 11.5 Å². The molecule has 2 aromatic rings. The number of aliphatic carboxylic acids is 1. The lowest BCUT2D eigenvalue weighted by atomic mass is 10.0. The van der Waals surface area contributed by atoms with Crippen LogP contribution in [0.15, 0.2) is 36.4 Å². The maximum Gasteiger partial charge on any atom is 0.330 e. The molecule has 1 amide bonds. The largest absolute Gasteiger partial charge is 0.493 e. The third kappa shape index (κ3) is 3.97. The minimum atomic E-state index is -1.28. The van der Waals surface area contributed by atoms with Crippen LogP contribution in [0.25, 0.3) is 0 Å². The van der Waals surface area contributed by atoms with Crippen molar-refractivity contribution >= 4 is 17.6 Å². The first-order chi connectivity index (χ1) is 11.9. The number of methoxy groups -OCH3 is 2. The highest BCUT2D eigenvalue weighted by molar-refractivity contribution is 5.94. The van der Waals surface area contributed by atoms with Crippen molar-refractivity contribution in [1.29, 1.82) is 0 Å². The van der Waals surface area contributed by atoms with E-state index >= 15 is 0 Å². The van der Waals surface area contributed by atoms with Gasteiger partial charge in [0.05, 0.1) is 19.9 Å². The number of ether oxygens (including phenoxy) is 2. The van der Waals surface area contributed by atoms with Crippen molar-refractivity contribution in [3.05, 3.63) is 53.3 Å². The van der Waals surface area contributed by atoms with E-state index in [9.17, 15) is 19.1 Å². The van der Waals surface area contributed by atoms with Crippen molar-refractivity contribution in [2.75, 3.05) is 19.5 Å². The number of carboxylic acid groups (broad SMARTS) is 1. The van der Waals surface area contributed by atoms with E-state index in [0.717, 1.165) is 12.1 Å². The molecule has 0 aliphatic carbocycles. The number of rotatable bonds is 7. The quantitative estimate of drug-likeness (QED) is 0.707. The van der Waals surface area contributed by atoms with Gasteiger partial charge in [0.25, 0.3) is 0 Å². The van der Waals surface area contributed by atoms with E-state index in [2.05, 4.69) is 5.32 Å². The zero-order valence-electron chi connectivity index (χ0n) is 13.6. The molecule has 0 aliphatic heterocycles. The number of amides is 1. The number of carbonyl (C=O) groups is 2. The molecule has 25 heavy (non-hydrogen) atoms. The average molecular weight is 348 g/mol. The van der Waals surface area contributed by atoms with E-state index in [4.69, 9.17) is 15.2 Å². The first-order valence-electron chi connectivity index (χ1n) is 7.18. The highest BCUT2D eigenvalue weighted by Gasteiger charge is 2.23. The molecule has 1 atom stereocenters. The summed E-state index contributed by atoms with van der Waals surface area (Å²) in [4.78, 5) is 22.9. The summed E-state index contributed by atoms with van der Waals surface area (Å²) in [7, 11) is 2.87. The Labute approximate surface area is 143 Å². The van der Waals surface area contributed by atoms with Gasteiger partial charge in [-0.25, -0.2) is 9.18 Å². The molecule has 4 N–H and O–H groups in total. The summed E-state index contributed by atoms with van der Waals surface area (Å²) in [6, 6.07) is 6.67. The van der Waals surface area contributed by atoms with E-state index in [1.54, 1.807) is 6.07 Å². The smallest absolute Gasteiger partial charge is 0.330 e. The van der Waals surface area contributed by atoms with Gasteiger partial charge in [-0.2, -0.15) is 0 Å². The lowest BCUT2D eigenvalue weighted by Gasteiger charge is -2.18. The van der Waals surface area contributed by atoms with Crippen LogP contribution in [0.5, 0.6) is 11.5 Å². The summed E-state index contributed by atoms with van der Waals surface area (Å²) >= 11 is 0. The van der Waals surface area contributed by atoms with Crippen LogP contribution in [0.3, 0.4) is 0 Å². The fourth-order valence-corrected chi connectivity index (χ4v) is 2.26. The van der Waals surface area contributed by atoms with E-state index in [1.807, 2.05) is 0 Å². The van der Waals surface area contributed by atoms with Gasteiger partial charge in [-0.3, -0.25) is 4.79 Å². The van der Waals surface area contributed by atoms with Gasteiger partial charge < -0.3 is 25.6 Å². The summed E-state index contributed by atoms with van der Waals surface area (Å²) in [5.74, 6) is -1.94. The summed E-state index contributed by atoms with van der Waals surface area (Å²) in [6.07, 6.45) is 0. The standard InChI is InChI=1S/C17H17FN2O5/c1-24-13-6-4-9(8-14(13)25-2)15(17(22)23)20-12-7-10(16(19)21)3-5-11(12)18/h3-8,15,20H,1-2H3,(H2,19,21)(H,22,23). The summed E-state index contributed by atoms with van der Waals surface area (Å²) in [6.45, 7) is 0. The highest BCUT2D eigenvalue weighted by atomic mass is 19.1. The van der Waals surface area contributed by atoms with Crippen molar-refractivity contribution in [3.63, 3.8) is 0 Å². The molecule has 0 spiro atoms. The Kier molecular flexibility index (Phi) is 5.43. The third-order valence-electron chi connectivity index (χ3n) is 3.54. The van der Waals surface area contributed by atoms with E-state index in [1.165, 1.54) is 32.4 Å². The predicted octanol–water partition coefficient (Wildman–Crippen LogP) is 2.18. The van der Waals surface area contributed by atoms with Crippen LogP contribution in [-0.4, -0.2) is 31.2 Å². The number of primary amides is 1. The molecule has 0 bridgehead atoms. The lowest BCUT2D eigenvalue weighted by Crippen LogP contribution is -2.21. The van der Waals surface area contributed by atoms with Crippen LogP contribution in [0.2, 0.25) is 0 Å². The molecule has 2 aromatic carbocycles. The van der Waals surface area contributed by atoms with Gasteiger partial charge in [0.1, 0.15) is 5.82 Å². The molecule has 1 unspecified atom stereocenters. The van der Waals surface area contributed by atoms with Crippen LogP contribution < -0.4 is 20.5 Å². The SMILES string of the molecule is COc1ccc(C(Nc2cc(C(N)=O)ccc2F)C(=O)O)cc1OC. The van der Waals surface area contributed by atoms with Crippen molar-refractivity contribution < 1.29 is 28.6 Å². The van der Waals surface area contributed by atoms with E-state index in [-0.39, 0.29) is 11.3 Å². The second kappa shape index (κ2) is 7.52. The first-order valence-corrected chi connectivity index (χ1v) is 7.18. The molecule has 0 heterocycles. The van der Waals surface area contributed by atoms with Gasteiger partial charge >= 0.3 is 5.97 Å². The molecule has 132 valence electrons. The zero-order chi connectivity index (χ0) is 18.6. The number of carbonyl (C=O) groups excluding carboxylic acids is 1. The van der Waals surface area contributed by atoms with Crippen molar-refractivity contribution in [2.45, 2.75) is 6.04 Å². The van der Waals surface area contributed by atoms with Gasteiger partial charge in [-0.05, 0) is 35.9 Å². The normalized spacial score (nSPS) is 11.5. The molecule has 0 radical (unpaired) electrons. The van der Waals surface area contributed by atoms with Crippen LogP contribution in [0, 0.1) is 5.82 Å². The Bertz CT molecular complexity index is 810. The zero-order valence-corrected chi connectivity index (χ0v) is 13.6. The first kappa shape index (κ1) is 18.1. The van der Waals surface area contributed by atoms with Gasteiger partial charge in [-0.1, -0.05) is 6.07 Å². The number of benzene rings is 2. The van der Waals surface area contributed by atoms with E-state index in [0.29, 0.717) is 17.1 Å². The minimum absolute atomic E-state index is 0.0559. The molecule has 7 nitrogen and oxygen atoms in total. The van der Waals surface area contributed by atoms with Crippen molar-refractivity contribution in [2.24, 2.45) is 5.73 Å². The Balaban J connectivity index is 2.42. The second-order valence-corrected chi connectivity index (χ2v) is 5.09. The Morgan fingerprint density at radius 2 is 1.80 bits per heavy atom. The number of nitrogens with two attached hydrogens (primary N) is 1. The number of carboxylic acids is 1. The van der Waals surface area contributed by atoms with E-state index < -0.39 is 23.7 Å². The monoisotopic (exact) mass is 348 g/mol. The van der Waals surface area contributed by atoms with Crippen LogP contribution in [0.1, 0.15) is 22.0 Å². The maximum atomic E-state index is 14.0. The molecule has 0 saturated carbocycles. The Morgan fingerprint density at radius 3 is 2.36 bits per heavy atom. The summed E-state index contributed by atoms with van der Waals surface area (Å²) < 4.78 is 24.2. The molecule has 0 aliphatic rings. The van der Waals surface area contributed by atoms with Crippen LogP contribution in [-0.2, 0) is 4.79 Å². The fraction of sp³-hybridized carbons (Fsp3) is 0.176. The molecular weight excluding hydrogens is 331 g/mol. The summed E-state index contributed by atoms with van der Waals surface area (Å²) in [5, 5.41) is 12.1. The molecule has 8 heteroatoms.